The third-order valence-electron chi connectivity index (χ3n) is 4.07. The molecule has 1 aliphatic rings. The van der Waals surface area contributed by atoms with Crippen LogP contribution in [0.4, 0.5) is 5.69 Å². The van der Waals surface area contributed by atoms with E-state index >= 15 is 0 Å². The van der Waals surface area contributed by atoms with Gasteiger partial charge in [-0.1, -0.05) is 11.6 Å². The number of esters is 1. The molecule has 0 atom stereocenters. The van der Waals surface area contributed by atoms with Gasteiger partial charge in [-0.15, -0.1) is 0 Å². The summed E-state index contributed by atoms with van der Waals surface area (Å²) < 4.78 is 17.7. The molecule has 1 aromatic heterocycles. The number of aryl methyl sites for hydroxylation is 1. The van der Waals surface area contributed by atoms with Crippen molar-refractivity contribution in [3.8, 4) is 11.5 Å². The standard InChI is InChI=1S/C17H18ClN3O6/c1-10-16(21(23)24)11(2)20(19-10)8-15(22)27-9-12-6-13(18)17-14(7-12)25-4-3-5-26-17/h6-7H,3-5,8-9H2,1-2H3. The molecule has 2 heterocycles. The molecule has 3 rings (SSSR count). The first kappa shape index (κ1) is 19.0. The molecule has 0 aliphatic carbocycles. The van der Waals surface area contributed by atoms with Crippen LogP contribution in [0, 0.1) is 24.0 Å². The lowest BCUT2D eigenvalue weighted by atomic mass is 10.2. The molecule has 27 heavy (non-hydrogen) atoms. The molecule has 2 aromatic rings. The number of carbonyl (C=O) groups is 1. The molecular formula is C17H18ClN3O6. The Labute approximate surface area is 159 Å². The molecule has 0 spiro atoms. The lowest BCUT2D eigenvalue weighted by molar-refractivity contribution is -0.386. The van der Waals surface area contributed by atoms with Gasteiger partial charge in [-0.2, -0.15) is 5.10 Å². The second-order valence-electron chi connectivity index (χ2n) is 6.05. The van der Waals surface area contributed by atoms with Crippen molar-refractivity contribution < 1.29 is 23.9 Å². The quantitative estimate of drug-likeness (QED) is 0.435. The van der Waals surface area contributed by atoms with Gasteiger partial charge in [-0.05, 0) is 31.5 Å². The second kappa shape index (κ2) is 7.83. The van der Waals surface area contributed by atoms with Gasteiger partial charge >= 0.3 is 11.7 Å². The van der Waals surface area contributed by atoms with Gasteiger partial charge in [0.15, 0.2) is 11.5 Å². The van der Waals surface area contributed by atoms with E-state index in [1.165, 1.54) is 18.5 Å². The predicted octanol–water partition coefficient (Wildman–Crippen LogP) is 2.97. The van der Waals surface area contributed by atoms with Crippen LogP contribution in [0.5, 0.6) is 11.5 Å². The molecule has 0 unspecified atom stereocenters. The number of aromatic nitrogens is 2. The summed E-state index contributed by atoms with van der Waals surface area (Å²) in [6.07, 6.45) is 0.754. The third-order valence-corrected chi connectivity index (χ3v) is 4.35. The Balaban J connectivity index is 1.66. The molecule has 0 saturated heterocycles. The fourth-order valence-electron chi connectivity index (χ4n) is 2.80. The van der Waals surface area contributed by atoms with Crippen molar-refractivity contribution in [2.75, 3.05) is 13.2 Å². The van der Waals surface area contributed by atoms with Crippen molar-refractivity contribution in [2.45, 2.75) is 33.4 Å². The minimum atomic E-state index is -0.571. The molecule has 0 saturated carbocycles. The number of hydrogen-bond donors (Lipinski definition) is 0. The summed E-state index contributed by atoms with van der Waals surface area (Å²) in [5, 5.41) is 15.4. The maximum Gasteiger partial charge on any atom is 0.328 e. The lowest BCUT2D eigenvalue weighted by Crippen LogP contribution is -2.15. The van der Waals surface area contributed by atoms with E-state index < -0.39 is 10.9 Å². The van der Waals surface area contributed by atoms with Gasteiger partial charge in [-0.3, -0.25) is 19.6 Å². The van der Waals surface area contributed by atoms with E-state index in [-0.39, 0.29) is 24.5 Å². The summed E-state index contributed by atoms with van der Waals surface area (Å²) in [7, 11) is 0. The molecule has 0 radical (unpaired) electrons. The Morgan fingerprint density at radius 1 is 1.37 bits per heavy atom. The Kier molecular flexibility index (Phi) is 5.50. The molecule has 1 aromatic carbocycles. The van der Waals surface area contributed by atoms with E-state index in [2.05, 4.69) is 5.10 Å². The van der Waals surface area contributed by atoms with Crippen molar-refractivity contribution in [1.29, 1.82) is 0 Å². The van der Waals surface area contributed by atoms with E-state index in [0.29, 0.717) is 41.0 Å². The first-order valence-electron chi connectivity index (χ1n) is 8.29. The van der Waals surface area contributed by atoms with Crippen molar-refractivity contribution >= 4 is 23.3 Å². The summed E-state index contributed by atoms with van der Waals surface area (Å²) in [6, 6.07) is 3.37. The maximum absolute atomic E-state index is 12.1. The van der Waals surface area contributed by atoms with Gasteiger partial charge < -0.3 is 14.2 Å². The topological polar surface area (TPSA) is 106 Å². The van der Waals surface area contributed by atoms with Crippen molar-refractivity contribution in [2.24, 2.45) is 0 Å². The number of nitro groups is 1. The summed E-state index contributed by atoms with van der Waals surface area (Å²) in [4.78, 5) is 22.6. The SMILES string of the molecule is Cc1nn(CC(=O)OCc2cc(Cl)c3c(c2)OCCCO3)c(C)c1[N+](=O)[O-]. The molecule has 1 aliphatic heterocycles. The summed E-state index contributed by atoms with van der Waals surface area (Å²) >= 11 is 6.21. The Morgan fingerprint density at radius 3 is 2.81 bits per heavy atom. The second-order valence-corrected chi connectivity index (χ2v) is 6.46. The van der Waals surface area contributed by atoms with Crippen LogP contribution in [0.15, 0.2) is 12.1 Å². The first-order valence-corrected chi connectivity index (χ1v) is 8.66. The minimum absolute atomic E-state index is 0.0173. The van der Waals surface area contributed by atoms with Crippen LogP contribution in [0.3, 0.4) is 0 Å². The van der Waals surface area contributed by atoms with Crippen LogP contribution in [-0.4, -0.2) is 33.9 Å². The molecule has 0 fully saturated rings. The Hall–Kier alpha value is -2.81. The zero-order valence-corrected chi connectivity index (χ0v) is 15.6. The van der Waals surface area contributed by atoms with Gasteiger partial charge in [0.1, 0.15) is 24.5 Å². The van der Waals surface area contributed by atoms with Crippen LogP contribution in [0.25, 0.3) is 0 Å². The smallest absolute Gasteiger partial charge is 0.328 e. The van der Waals surface area contributed by atoms with E-state index in [9.17, 15) is 14.9 Å². The highest BCUT2D eigenvalue weighted by Crippen LogP contribution is 2.38. The summed E-state index contributed by atoms with van der Waals surface area (Å²) in [5.74, 6) is 0.429. The van der Waals surface area contributed by atoms with E-state index in [1.54, 1.807) is 12.1 Å². The van der Waals surface area contributed by atoms with Crippen LogP contribution in [0.1, 0.15) is 23.4 Å². The predicted molar refractivity (Wildman–Crippen MR) is 95.2 cm³/mol. The van der Waals surface area contributed by atoms with Gasteiger partial charge in [0.25, 0.3) is 0 Å². The van der Waals surface area contributed by atoms with Crippen LogP contribution < -0.4 is 9.47 Å². The molecular weight excluding hydrogens is 378 g/mol. The molecule has 144 valence electrons. The number of fused-ring (bicyclic) bond motifs is 1. The highest BCUT2D eigenvalue weighted by molar-refractivity contribution is 6.32. The average molecular weight is 396 g/mol. The molecule has 10 heteroatoms. The van der Waals surface area contributed by atoms with Crippen LogP contribution in [-0.2, 0) is 22.7 Å². The minimum Gasteiger partial charge on any atom is -0.489 e. The number of hydrogen-bond acceptors (Lipinski definition) is 7. The maximum atomic E-state index is 12.1. The summed E-state index contributed by atoms with van der Waals surface area (Å²) in [5.41, 5.74) is 1.10. The van der Waals surface area contributed by atoms with Crippen molar-refractivity contribution in [3.63, 3.8) is 0 Å². The Bertz CT molecular complexity index is 895. The fraction of sp³-hybridized carbons (Fsp3) is 0.412. The van der Waals surface area contributed by atoms with Gasteiger partial charge in [-0.25, -0.2) is 0 Å². The molecule has 0 N–H and O–H groups in total. The van der Waals surface area contributed by atoms with Gasteiger partial charge in [0.2, 0.25) is 0 Å². The highest BCUT2D eigenvalue weighted by Gasteiger charge is 2.23. The van der Waals surface area contributed by atoms with Gasteiger partial charge in [0.05, 0.1) is 23.2 Å². The summed E-state index contributed by atoms with van der Waals surface area (Å²) in [6.45, 7) is 3.86. The first-order chi connectivity index (χ1) is 12.9. The lowest BCUT2D eigenvalue weighted by Gasteiger charge is -2.12. The number of nitrogens with zero attached hydrogens (tertiary/aromatic N) is 3. The number of ether oxygens (including phenoxy) is 3. The fourth-order valence-corrected chi connectivity index (χ4v) is 3.09. The van der Waals surface area contributed by atoms with Crippen molar-refractivity contribution in [1.82, 2.24) is 9.78 Å². The third kappa shape index (κ3) is 4.13. The number of carbonyl (C=O) groups excluding carboxylic acids is 1. The van der Waals surface area contributed by atoms with Crippen molar-refractivity contribution in [3.05, 3.63) is 44.2 Å². The number of benzene rings is 1. The normalized spacial score (nSPS) is 13.1. The van der Waals surface area contributed by atoms with E-state index in [4.69, 9.17) is 25.8 Å². The molecule has 0 amide bonds. The van der Waals surface area contributed by atoms with Crippen LogP contribution >= 0.6 is 11.6 Å². The number of rotatable bonds is 5. The van der Waals surface area contributed by atoms with E-state index in [0.717, 1.165) is 6.42 Å². The average Bonchev–Trinajstić information content (AvgIpc) is 2.76. The molecule has 9 nitrogen and oxygen atoms in total. The molecule has 0 bridgehead atoms. The van der Waals surface area contributed by atoms with Crippen LogP contribution in [0.2, 0.25) is 5.02 Å². The zero-order chi connectivity index (χ0) is 19.6. The monoisotopic (exact) mass is 395 g/mol. The van der Waals surface area contributed by atoms with Gasteiger partial charge in [0, 0.05) is 6.42 Å². The highest BCUT2D eigenvalue weighted by atomic mass is 35.5. The number of halogens is 1. The largest absolute Gasteiger partial charge is 0.489 e. The zero-order valence-electron chi connectivity index (χ0n) is 14.9. The van der Waals surface area contributed by atoms with E-state index in [1.807, 2.05) is 0 Å². The Morgan fingerprint density at radius 2 is 2.11 bits per heavy atom.